The van der Waals surface area contributed by atoms with E-state index < -0.39 is 0 Å². The van der Waals surface area contributed by atoms with Crippen LogP contribution in [0.1, 0.15) is 53.9 Å². The fourth-order valence-corrected chi connectivity index (χ4v) is 2.15. The Balaban J connectivity index is 4.23. The first-order valence-electron chi connectivity index (χ1n) is 8.66. The highest BCUT2D eigenvalue weighted by molar-refractivity contribution is 5.79. The van der Waals surface area contributed by atoms with Crippen molar-refractivity contribution in [2.75, 3.05) is 33.8 Å². The molecule has 2 unspecified atom stereocenters. The molecule has 1 amide bonds. The summed E-state index contributed by atoms with van der Waals surface area (Å²) in [6.45, 7) is 12.0. The molecule has 136 valence electrons. The second-order valence-electron chi connectivity index (χ2n) is 7.86. The summed E-state index contributed by atoms with van der Waals surface area (Å²) < 4.78 is 5.39. The van der Waals surface area contributed by atoms with Gasteiger partial charge in [-0.2, -0.15) is 0 Å². The molecule has 0 aliphatic rings. The van der Waals surface area contributed by atoms with E-state index in [9.17, 15) is 9.59 Å². The molecule has 5 heteroatoms. The number of amides is 1. The highest BCUT2D eigenvalue weighted by Crippen LogP contribution is 2.20. The Morgan fingerprint density at radius 1 is 1.22 bits per heavy atom. The highest BCUT2D eigenvalue weighted by Gasteiger charge is 2.25. The number of hydrogen-bond donors (Lipinski definition) is 1. The number of nitrogens with one attached hydrogen (secondary N) is 1. The lowest BCUT2D eigenvalue weighted by molar-refractivity contribution is -0.152. The van der Waals surface area contributed by atoms with E-state index >= 15 is 0 Å². The van der Waals surface area contributed by atoms with Crippen molar-refractivity contribution in [2.45, 2.75) is 53.9 Å². The number of ether oxygens (including phenoxy) is 1. The molecule has 0 aliphatic carbocycles. The average molecular weight is 328 g/mol. The van der Waals surface area contributed by atoms with Crippen molar-refractivity contribution in [1.29, 1.82) is 0 Å². The summed E-state index contributed by atoms with van der Waals surface area (Å²) in [6, 6.07) is 0. The van der Waals surface area contributed by atoms with Crippen LogP contribution in [0.25, 0.3) is 0 Å². The van der Waals surface area contributed by atoms with Crippen LogP contribution in [0.5, 0.6) is 0 Å². The minimum Gasteiger partial charge on any atom is -0.465 e. The predicted molar refractivity (Wildman–Crippen MR) is 94.2 cm³/mol. The minimum absolute atomic E-state index is 0.0193. The fourth-order valence-electron chi connectivity index (χ4n) is 2.15. The molecule has 0 aliphatic heterocycles. The first-order valence-corrected chi connectivity index (χ1v) is 8.66. The molecule has 2 atom stereocenters. The molecule has 23 heavy (non-hydrogen) atoms. The Morgan fingerprint density at radius 3 is 2.30 bits per heavy atom. The van der Waals surface area contributed by atoms with Gasteiger partial charge in [0.05, 0.1) is 12.5 Å². The van der Waals surface area contributed by atoms with Crippen molar-refractivity contribution in [3.8, 4) is 0 Å². The molecule has 0 fully saturated rings. The molecule has 0 aromatic carbocycles. The maximum Gasteiger partial charge on any atom is 0.308 e. The Bertz CT molecular complexity index is 362. The maximum atomic E-state index is 12.2. The van der Waals surface area contributed by atoms with Crippen LogP contribution in [0.3, 0.4) is 0 Å². The van der Waals surface area contributed by atoms with Crippen LogP contribution in [0.15, 0.2) is 0 Å². The van der Waals surface area contributed by atoms with Gasteiger partial charge < -0.3 is 15.0 Å². The Morgan fingerprint density at radius 2 is 1.83 bits per heavy atom. The summed E-state index contributed by atoms with van der Waals surface area (Å²) in [4.78, 5) is 26.3. The van der Waals surface area contributed by atoms with Gasteiger partial charge in [-0.25, -0.2) is 0 Å². The fraction of sp³-hybridized carbons (Fsp3) is 0.889. The van der Waals surface area contributed by atoms with Crippen LogP contribution >= 0.6 is 0 Å². The lowest BCUT2D eigenvalue weighted by Gasteiger charge is -2.22. The molecule has 0 bridgehead atoms. The molecule has 1 N–H and O–H groups in total. The summed E-state index contributed by atoms with van der Waals surface area (Å²) >= 11 is 0. The third-order valence-electron chi connectivity index (χ3n) is 3.64. The lowest BCUT2D eigenvalue weighted by atomic mass is 9.92. The van der Waals surface area contributed by atoms with E-state index in [1.807, 2.05) is 48.7 Å². The van der Waals surface area contributed by atoms with Crippen LogP contribution in [0.2, 0.25) is 0 Å². The predicted octanol–water partition coefficient (Wildman–Crippen LogP) is 2.70. The van der Waals surface area contributed by atoms with Gasteiger partial charge in [0.1, 0.15) is 0 Å². The van der Waals surface area contributed by atoms with Crippen molar-refractivity contribution >= 4 is 11.9 Å². The summed E-state index contributed by atoms with van der Waals surface area (Å²) in [6.07, 6.45) is 2.16. The highest BCUT2D eigenvalue weighted by atomic mass is 16.5. The smallest absolute Gasteiger partial charge is 0.308 e. The summed E-state index contributed by atoms with van der Waals surface area (Å²) in [5.41, 5.74) is -0.0383. The zero-order valence-electron chi connectivity index (χ0n) is 16.1. The van der Waals surface area contributed by atoms with E-state index in [0.29, 0.717) is 26.0 Å². The third kappa shape index (κ3) is 11.1. The average Bonchev–Trinajstić information content (AvgIpc) is 2.45. The Kier molecular flexibility index (Phi) is 10.1. The van der Waals surface area contributed by atoms with Gasteiger partial charge >= 0.3 is 5.97 Å². The van der Waals surface area contributed by atoms with E-state index in [4.69, 9.17) is 4.74 Å². The number of hydrogen-bond acceptors (Lipinski definition) is 4. The second-order valence-corrected chi connectivity index (χ2v) is 7.86. The summed E-state index contributed by atoms with van der Waals surface area (Å²) in [7, 11) is 4.03. The van der Waals surface area contributed by atoms with E-state index in [2.05, 4.69) is 10.2 Å². The molecule has 0 saturated carbocycles. The molecule has 0 aromatic heterocycles. The molecule has 0 saturated heterocycles. The topological polar surface area (TPSA) is 58.6 Å². The van der Waals surface area contributed by atoms with E-state index in [1.54, 1.807) is 0 Å². The van der Waals surface area contributed by atoms with Gasteiger partial charge in [0.15, 0.2) is 0 Å². The number of rotatable bonds is 10. The van der Waals surface area contributed by atoms with Crippen LogP contribution < -0.4 is 5.32 Å². The van der Waals surface area contributed by atoms with Crippen molar-refractivity contribution < 1.29 is 14.3 Å². The van der Waals surface area contributed by atoms with Gasteiger partial charge in [-0.1, -0.05) is 34.6 Å². The van der Waals surface area contributed by atoms with Crippen molar-refractivity contribution in [1.82, 2.24) is 10.2 Å². The molecule has 0 spiro atoms. The largest absolute Gasteiger partial charge is 0.465 e. The number of carbonyl (C=O) groups excluding carboxylic acids is 2. The standard InChI is InChI=1S/C18H36N2O3/c1-8-15(17(22)23-13-18(3,4)5)12-14(2)16(21)19-10-9-11-20(6)7/h14-15H,8-13H2,1-7H3,(H,19,21). The van der Waals surface area contributed by atoms with Gasteiger partial charge in [-0.3, -0.25) is 9.59 Å². The van der Waals surface area contributed by atoms with Crippen LogP contribution in [-0.2, 0) is 14.3 Å². The molecule has 5 nitrogen and oxygen atoms in total. The lowest BCUT2D eigenvalue weighted by Crippen LogP contribution is -2.34. The van der Waals surface area contributed by atoms with Gasteiger partial charge in [-0.05, 0) is 45.3 Å². The van der Waals surface area contributed by atoms with Crippen molar-refractivity contribution in [2.24, 2.45) is 17.3 Å². The van der Waals surface area contributed by atoms with Gasteiger partial charge in [0.2, 0.25) is 5.91 Å². The number of esters is 1. The number of carbonyl (C=O) groups is 2. The molecular weight excluding hydrogens is 292 g/mol. The molecule has 0 rings (SSSR count). The third-order valence-corrected chi connectivity index (χ3v) is 3.64. The van der Waals surface area contributed by atoms with Gasteiger partial charge in [-0.15, -0.1) is 0 Å². The van der Waals surface area contributed by atoms with E-state index in [-0.39, 0.29) is 29.1 Å². The van der Waals surface area contributed by atoms with Crippen LogP contribution in [0, 0.1) is 17.3 Å². The maximum absolute atomic E-state index is 12.2. The SMILES string of the molecule is CCC(CC(C)C(=O)NCCCN(C)C)C(=O)OCC(C)(C)C. The molecule has 0 radical (unpaired) electrons. The summed E-state index contributed by atoms with van der Waals surface area (Å²) in [5, 5.41) is 2.94. The monoisotopic (exact) mass is 328 g/mol. The first-order chi connectivity index (χ1) is 10.6. The van der Waals surface area contributed by atoms with Gasteiger partial charge in [0, 0.05) is 12.5 Å². The first kappa shape index (κ1) is 21.9. The summed E-state index contributed by atoms with van der Waals surface area (Å²) in [5.74, 6) is -0.554. The van der Waals surface area contributed by atoms with E-state index in [1.165, 1.54) is 0 Å². The normalized spacial score (nSPS) is 14.4. The second kappa shape index (κ2) is 10.6. The zero-order chi connectivity index (χ0) is 18.0. The van der Waals surface area contributed by atoms with Crippen molar-refractivity contribution in [3.63, 3.8) is 0 Å². The zero-order valence-corrected chi connectivity index (χ0v) is 16.1. The van der Waals surface area contributed by atoms with Crippen LogP contribution in [-0.4, -0.2) is 50.6 Å². The Hall–Kier alpha value is -1.10. The molecule has 0 heterocycles. The molecule has 0 aromatic rings. The van der Waals surface area contributed by atoms with Gasteiger partial charge in [0.25, 0.3) is 0 Å². The molecular formula is C18H36N2O3. The van der Waals surface area contributed by atoms with Crippen molar-refractivity contribution in [3.05, 3.63) is 0 Å². The van der Waals surface area contributed by atoms with Crippen LogP contribution in [0.4, 0.5) is 0 Å². The number of nitrogens with zero attached hydrogens (tertiary/aromatic N) is 1. The van der Waals surface area contributed by atoms with E-state index in [0.717, 1.165) is 13.0 Å². The Labute approximate surface area is 142 Å². The quantitative estimate of drug-likeness (QED) is 0.495. The minimum atomic E-state index is -0.208.